The van der Waals surface area contributed by atoms with Crippen LogP contribution in [0.4, 0.5) is 4.79 Å². The molecule has 144 valence electrons. The number of hydrogen-bond acceptors (Lipinski definition) is 5. The molecular weight excluding hydrogens is 360 g/mol. The predicted molar refractivity (Wildman–Crippen MR) is 98.0 cm³/mol. The van der Waals surface area contributed by atoms with Crippen LogP contribution in [0.3, 0.4) is 0 Å². The van der Waals surface area contributed by atoms with Crippen molar-refractivity contribution in [2.45, 2.75) is 38.8 Å². The van der Waals surface area contributed by atoms with Crippen molar-refractivity contribution < 1.29 is 23.9 Å². The smallest absolute Gasteiger partial charge is 0.408 e. The molecule has 0 radical (unpaired) electrons. The molecule has 0 saturated heterocycles. The fourth-order valence-corrected chi connectivity index (χ4v) is 2.23. The number of alkyl carbamates (subject to hydrolysis) is 1. The maximum Gasteiger partial charge on any atom is 0.408 e. The van der Waals surface area contributed by atoms with E-state index in [2.05, 4.69) is 10.1 Å². The van der Waals surface area contributed by atoms with Gasteiger partial charge in [0.15, 0.2) is 0 Å². The number of carbonyl (C=O) groups is 3. The lowest BCUT2D eigenvalue weighted by Crippen LogP contribution is -2.50. The topological polar surface area (TPSA) is 84.9 Å². The van der Waals surface area contributed by atoms with Crippen LogP contribution in [-0.2, 0) is 25.5 Å². The molecule has 0 aromatic heterocycles. The van der Waals surface area contributed by atoms with Gasteiger partial charge < -0.3 is 19.7 Å². The lowest BCUT2D eigenvalue weighted by Gasteiger charge is -2.26. The van der Waals surface area contributed by atoms with Crippen LogP contribution in [0.5, 0.6) is 0 Å². The summed E-state index contributed by atoms with van der Waals surface area (Å²) in [6, 6.07) is 6.02. The van der Waals surface area contributed by atoms with Gasteiger partial charge in [0.25, 0.3) is 0 Å². The highest BCUT2D eigenvalue weighted by Crippen LogP contribution is 2.13. The standard InChI is InChI=1S/C18H25ClN2O5/c1-18(2,3)26-17(24)20-14(10-12-6-8-13(19)9-7-12)16(23)21(4)11-15(22)25-5/h6-9,14H,10-11H2,1-5H3,(H,20,24). The first-order valence-corrected chi connectivity index (χ1v) is 8.45. The van der Waals surface area contributed by atoms with E-state index >= 15 is 0 Å². The second kappa shape index (κ2) is 9.43. The second-order valence-corrected chi connectivity index (χ2v) is 7.24. The summed E-state index contributed by atoms with van der Waals surface area (Å²) in [5.41, 5.74) is 0.103. The molecule has 0 heterocycles. The van der Waals surface area contributed by atoms with Crippen LogP contribution in [0.1, 0.15) is 26.3 Å². The third-order valence-electron chi connectivity index (χ3n) is 3.31. The third kappa shape index (κ3) is 7.74. The maximum absolute atomic E-state index is 12.7. The van der Waals surface area contributed by atoms with Crippen LogP contribution in [0.25, 0.3) is 0 Å². The van der Waals surface area contributed by atoms with Gasteiger partial charge in [-0.15, -0.1) is 0 Å². The lowest BCUT2D eigenvalue weighted by molar-refractivity contribution is -0.146. The molecule has 1 aromatic carbocycles. The van der Waals surface area contributed by atoms with Gasteiger partial charge in [-0.05, 0) is 38.5 Å². The van der Waals surface area contributed by atoms with Gasteiger partial charge in [-0.1, -0.05) is 23.7 Å². The van der Waals surface area contributed by atoms with Crippen molar-refractivity contribution in [3.8, 4) is 0 Å². The van der Waals surface area contributed by atoms with Gasteiger partial charge in [0.1, 0.15) is 18.2 Å². The fraction of sp³-hybridized carbons (Fsp3) is 0.500. The van der Waals surface area contributed by atoms with Gasteiger partial charge >= 0.3 is 12.1 Å². The monoisotopic (exact) mass is 384 g/mol. The Balaban J connectivity index is 2.92. The molecule has 0 spiro atoms. The molecule has 1 rings (SSSR count). The maximum atomic E-state index is 12.7. The number of hydrogen-bond donors (Lipinski definition) is 1. The van der Waals surface area contributed by atoms with Gasteiger partial charge in [0.2, 0.25) is 5.91 Å². The Morgan fingerprint density at radius 3 is 2.27 bits per heavy atom. The molecule has 1 unspecified atom stereocenters. The Hall–Kier alpha value is -2.28. The molecule has 0 bridgehead atoms. The molecule has 26 heavy (non-hydrogen) atoms. The molecule has 0 aliphatic heterocycles. The second-order valence-electron chi connectivity index (χ2n) is 6.80. The summed E-state index contributed by atoms with van der Waals surface area (Å²) in [7, 11) is 2.70. The van der Waals surface area contributed by atoms with Gasteiger partial charge in [-0.3, -0.25) is 9.59 Å². The molecule has 2 amide bonds. The molecule has 8 heteroatoms. The van der Waals surface area contributed by atoms with Gasteiger partial charge in [0.05, 0.1) is 7.11 Å². The zero-order valence-corrected chi connectivity index (χ0v) is 16.4. The van der Waals surface area contributed by atoms with Crippen LogP contribution in [-0.4, -0.2) is 55.2 Å². The number of likely N-dealkylation sites (N-methyl/N-ethyl adjacent to an activating group) is 1. The summed E-state index contributed by atoms with van der Waals surface area (Å²) in [5.74, 6) is -0.987. The zero-order valence-electron chi connectivity index (χ0n) is 15.7. The number of nitrogens with one attached hydrogen (secondary N) is 1. The first-order chi connectivity index (χ1) is 12.0. The van der Waals surface area contributed by atoms with Crippen LogP contribution >= 0.6 is 11.6 Å². The van der Waals surface area contributed by atoms with Crippen LogP contribution in [0.2, 0.25) is 5.02 Å². The number of methoxy groups -OCH3 is 1. The first-order valence-electron chi connectivity index (χ1n) is 8.07. The van der Waals surface area contributed by atoms with E-state index in [4.69, 9.17) is 16.3 Å². The summed E-state index contributed by atoms with van der Waals surface area (Å²) in [5, 5.41) is 3.14. The lowest BCUT2D eigenvalue weighted by atomic mass is 10.0. The normalized spacial score (nSPS) is 12.1. The number of rotatable bonds is 6. The Bertz CT molecular complexity index is 640. The van der Waals surface area contributed by atoms with E-state index in [1.54, 1.807) is 45.0 Å². The summed E-state index contributed by atoms with van der Waals surface area (Å²) in [6.07, 6.45) is -0.489. The van der Waals surface area contributed by atoms with Crippen molar-refractivity contribution in [1.29, 1.82) is 0 Å². The Labute approximate surface area is 158 Å². The van der Waals surface area contributed by atoms with Gasteiger partial charge in [-0.25, -0.2) is 4.79 Å². The first kappa shape index (κ1) is 21.8. The predicted octanol–water partition coefficient (Wildman–Crippen LogP) is 2.41. The SMILES string of the molecule is COC(=O)CN(C)C(=O)C(Cc1ccc(Cl)cc1)NC(=O)OC(C)(C)C. The van der Waals surface area contributed by atoms with Crippen molar-refractivity contribution >= 4 is 29.6 Å². The molecule has 0 aliphatic carbocycles. The molecule has 0 fully saturated rings. The van der Waals surface area contributed by atoms with Gasteiger partial charge in [0, 0.05) is 18.5 Å². The summed E-state index contributed by atoms with van der Waals surface area (Å²) in [6.45, 7) is 4.96. The molecule has 1 aromatic rings. The highest BCUT2D eigenvalue weighted by molar-refractivity contribution is 6.30. The number of halogens is 1. The highest BCUT2D eigenvalue weighted by atomic mass is 35.5. The van der Waals surface area contributed by atoms with E-state index in [0.29, 0.717) is 5.02 Å². The summed E-state index contributed by atoms with van der Waals surface area (Å²) in [4.78, 5) is 37.4. The minimum absolute atomic E-state index is 0.220. The third-order valence-corrected chi connectivity index (χ3v) is 3.56. The van der Waals surface area contributed by atoms with Crippen molar-refractivity contribution in [3.63, 3.8) is 0 Å². The number of amides is 2. The molecule has 1 atom stereocenters. The Morgan fingerprint density at radius 2 is 1.77 bits per heavy atom. The minimum Gasteiger partial charge on any atom is -0.468 e. The summed E-state index contributed by atoms with van der Waals surface area (Å²) < 4.78 is 9.79. The Kier molecular flexibility index (Phi) is 7.89. The van der Waals surface area contributed by atoms with Crippen molar-refractivity contribution in [1.82, 2.24) is 10.2 Å². The molecule has 1 N–H and O–H groups in total. The molecular formula is C18H25ClN2O5. The fourth-order valence-electron chi connectivity index (χ4n) is 2.11. The van der Waals surface area contributed by atoms with Crippen molar-refractivity contribution in [3.05, 3.63) is 34.9 Å². The van der Waals surface area contributed by atoms with Gasteiger partial charge in [-0.2, -0.15) is 0 Å². The van der Waals surface area contributed by atoms with Crippen LogP contribution in [0, 0.1) is 0 Å². The van der Waals surface area contributed by atoms with Crippen LogP contribution in [0.15, 0.2) is 24.3 Å². The average Bonchev–Trinajstić information content (AvgIpc) is 2.53. The largest absolute Gasteiger partial charge is 0.468 e. The number of esters is 1. The number of ether oxygens (including phenoxy) is 2. The van der Waals surface area contributed by atoms with E-state index < -0.39 is 29.6 Å². The Morgan fingerprint density at radius 1 is 1.19 bits per heavy atom. The minimum atomic E-state index is -0.902. The molecule has 0 aliphatic rings. The summed E-state index contributed by atoms with van der Waals surface area (Å²) >= 11 is 5.88. The van der Waals surface area contributed by atoms with E-state index in [1.807, 2.05) is 0 Å². The van der Waals surface area contributed by atoms with E-state index in [-0.39, 0.29) is 13.0 Å². The van der Waals surface area contributed by atoms with Crippen LogP contribution < -0.4 is 5.32 Å². The highest BCUT2D eigenvalue weighted by Gasteiger charge is 2.28. The molecule has 7 nitrogen and oxygen atoms in total. The number of nitrogens with zero attached hydrogens (tertiary/aromatic N) is 1. The van der Waals surface area contributed by atoms with E-state index in [0.717, 1.165) is 5.56 Å². The van der Waals surface area contributed by atoms with E-state index in [1.165, 1.54) is 19.1 Å². The zero-order chi connectivity index (χ0) is 19.9. The molecule has 0 saturated carbocycles. The van der Waals surface area contributed by atoms with E-state index in [9.17, 15) is 14.4 Å². The number of carbonyl (C=O) groups excluding carboxylic acids is 3. The number of benzene rings is 1. The van der Waals surface area contributed by atoms with Crippen molar-refractivity contribution in [2.24, 2.45) is 0 Å². The average molecular weight is 385 g/mol. The van der Waals surface area contributed by atoms with Crippen molar-refractivity contribution in [2.75, 3.05) is 20.7 Å². The quantitative estimate of drug-likeness (QED) is 0.761.